The van der Waals surface area contributed by atoms with Crippen LogP contribution in [-0.2, 0) is 29.2 Å². The maximum Gasteiger partial charge on any atom is 0.408 e. The molecule has 0 spiro atoms. The Morgan fingerprint density at radius 3 is 2.34 bits per heavy atom. The lowest BCUT2D eigenvalue weighted by molar-refractivity contribution is -0.124. The van der Waals surface area contributed by atoms with Crippen molar-refractivity contribution in [3.05, 3.63) is 71.3 Å². The third-order valence-electron chi connectivity index (χ3n) is 6.15. The Morgan fingerprint density at radius 1 is 1.00 bits per heavy atom. The molecular formula is C26H35N3O3. The van der Waals surface area contributed by atoms with Gasteiger partial charge in [-0.3, -0.25) is 9.69 Å². The van der Waals surface area contributed by atoms with Crippen molar-refractivity contribution in [1.29, 1.82) is 0 Å². The van der Waals surface area contributed by atoms with Gasteiger partial charge in [0.1, 0.15) is 12.6 Å². The van der Waals surface area contributed by atoms with E-state index >= 15 is 0 Å². The summed E-state index contributed by atoms with van der Waals surface area (Å²) in [6.45, 7) is 7.75. The summed E-state index contributed by atoms with van der Waals surface area (Å²) in [5.41, 5.74) is 3.26. The monoisotopic (exact) mass is 437 g/mol. The molecule has 0 unspecified atom stereocenters. The van der Waals surface area contributed by atoms with Crippen molar-refractivity contribution < 1.29 is 14.3 Å². The average molecular weight is 438 g/mol. The van der Waals surface area contributed by atoms with Crippen LogP contribution in [-0.4, -0.2) is 36.0 Å². The van der Waals surface area contributed by atoms with E-state index in [0.717, 1.165) is 37.2 Å². The fourth-order valence-electron chi connectivity index (χ4n) is 3.95. The summed E-state index contributed by atoms with van der Waals surface area (Å²) in [5.74, 6) is -0.203. The Hall–Kier alpha value is -2.86. The maximum atomic E-state index is 13.0. The van der Waals surface area contributed by atoms with Crippen molar-refractivity contribution in [1.82, 2.24) is 15.5 Å². The van der Waals surface area contributed by atoms with Gasteiger partial charge >= 0.3 is 6.09 Å². The predicted molar refractivity (Wildman–Crippen MR) is 126 cm³/mol. The number of carbonyl (C=O) groups excluding carboxylic acids is 2. The molecule has 0 aromatic heterocycles. The molecule has 6 heteroatoms. The quantitative estimate of drug-likeness (QED) is 0.583. The Labute approximate surface area is 191 Å². The fraction of sp³-hybridized carbons (Fsp3) is 0.462. The van der Waals surface area contributed by atoms with Crippen molar-refractivity contribution >= 4 is 12.0 Å². The number of likely N-dealkylation sites (tertiary alicyclic amines) is 1. The smallest absolute Gasteiger partial charge is 0.408 e. The molecule has 172 valence electrons. The van der Waals surface area contributed by atoms with E-state index < -0.39 is 12.1 Å². The van der Waals surface area contributed by atoms with Crippen LogP contribution >= 0.6 is 0 Å². The zero-order valence-corrected chi connectivity index (χ0v) is 19.2. The van der Waals surface area contributed by atoms with Crippen LogP contribution < -0.4 is 10.6 Å². The van der Waals surface area contributed by atoms with Crippen LogP contribution in [0.1, 0.15) is 49.8 Å². The zero-order valence-electron chi connectivity index (χ0n) is 19.2. The molecule has 1 saturated heterocycles. The minimum absolute atomic E-state index is 0.0147. The highest BCUT2D eigenvalue weighted by Gasteiger charge is 2.26. The second-order valence-corrected chi connectivity index (χ2v) is 8.54. The second kappa shape index (κ2) is 12.2. The minimum atomic E-state index is -0.644. The number of hydrogen-bond acceptors (Lipinski definition) is 4. The highest BCUT2D eigenvalue weighted by Crippen LogP contribution is 2.16. The van der Waals surface area contributed by atoms with Gasteiger partial charge < -0.3 is 15.4 Å². The first kappa shape index (κ1) is 23.8. The van der Waals surface area contributed by atoms with Crippen molar-refractivity contribution in [3.63, 3.8) is 0 Å². The van der Waals surface area contributed by atoms with E-state index in [4.69, 9.17) is 4.74 Å². The third-order valence-corrected chi connectivity index (χ3v) is 6.15. The highest BCUT2D eigenvalue weighted by molar-refractivity contribution is 5.85. The summed E-state index contributed by atoms with van der Waals surface area (Å²) in [5, 5.41) is 5.80. The zero-order chi connectivity index (χ0) is 22.8. The molecule has 1 fully saturated rings. The van der Waals surface area contributed by atoms with Crippen molar-refractivity contribution in [3.8, 4) is 0 Å². The number of rotatable bonds is 10. The predicted octanol–water partition coefficient (Wildman–Crippen LogP) is 4.24. The molecule has 1 aliphatic rings. The summed E-state index contributed by atoms with van der Waals surface area (Å²) < 4.78 is 5.32. The Bertz CT molecular complexity index is 866. The molecule has 3 rings (SSSR count). The number of amides is 2. The van der Waals surface area contributed by atoms with Crippen LogP contribution in [0.15, 0.2) is 54.6 Å². The van der Waals surface area contributed by atoms with E-state index in [0.29, 0.717) is 6.54 Å². The van der Waals surface area contributed by atoms with Crippen LogP contribution in [0.4, 0.5) is 4.79 Å². The normalized spacial score (nSPS) is 15.7. The first-order valence-corrected chi connectivity index (χ1v) is 11.6. The largest absolute Gasteiger partial charge is 0.445 e. The third kappa shape index (κ3) is 7.09. The average Bonchev–Trinajstić information content (AvgIpc) is 3.33. The van der Waals surface area contributed by atoms with E-state index in [1.807, 2.05) is 56.3 Å². The SMILES string of the molecule is CC[C@H](C)[C@H](NC(=O)OCc1ccccc1)C(=O)NCc1ccccc1CN1CCCC1. The van der Waals surface area contributed by atoms with Gasteiger partial charge in [-0.1, -0.05) is 74.9 Å². The van der Waals surface area contributed by atoms with E-state index in [1.54, 1.807) is 0 Å². The highest BCUT2D eigenvalue weighted by atomic mass is 16.5. The van der Waals surface area contributed by atoms with Gasteiger partial charge in [0.15, 0.2) is 0 Å². The van der Waals surface area contributed by atoms with Gasteiger partial charge in [-0.25, -0.2) is 4.79 Å². The molecule has 2 aromatic carbocycles. The molecular weight excluding hydrogens is 402 g/mol. The Balaban J connectivity index is 1.56. The van der Waals surface area contributed by atoms with Crippen molar-refractivity contribution in [2.75, 3.05) is 13.1 Å². The summed E-state index contributed by atoms with van der Waals surface area (Å²) in [4.78, 5) is 27.8. The van der Waals surface area contributed by atoms with Crippen molar-refractivity contribution in [2.45, 2.75) is 58.8 Å². The molecule has 2 N–H and O–H groups in total. The summed E-state index contributed by atoms with van der Waals surface area (Å²) in [6.07, 6.45) is 2.69. The summed E-state index contributed by atoms with van der Waals surface area (Å²) in [7, 11) is 0. The number of carbonyl (C=O) groups is 2. The molecule has 2 amide bonds. The van der Waals surface area contributed by atoms with Gasteiger partial charge in [-0.15, -0.1) is 0 Å². The molecule has 2 aromatic rings. The van der Waals surface area contributed by atoms with Crippen LogP contribution in [0.2, 0.25) is 0 Å². The first-order chi connectivity index (χ1) is 15.6. The number of ether oxygens (including phenoxy) is 1. The number of hydrogen-bond donors (Lipinski definition) is 2. The molecule has 1 heterocycles. The fourth-order valence-corrected chi connectivity index (χ4v) is 3.95. The molecule has 0 bridgehead atoms. The number of benzene rings is 2. The minimum Gasteiger partial charge on any atom is -0.445 e. The topological polar surface area (TPSA) is 70.7 Å². The van der Waals surface area contributed by atoms with Gasteiger partial charge in [0, 0.05) is 13.1 Å². The molecule has 0 aliphatic carbocycles. The van der Waals surface area contributed by atoms with Gasteiger partial charge in [-0.05, 0) is 48.5 Å². The van der Waals surface area contributed by atoms with Gasteiger partial charge in [0.2, 0.25) is 5.91 Å². The lowest BCUT2D eigenvalue weighted by Crippen LogP contribution is -2.50. The van der Waals surface area contributed by atoms with Crippen LogP contribution in [0.5, 0.6) is 0 Å². The number of nitrogens with zero attached hydrogens (tertiary/aromatic N) is 1. The van der Waals surface area contributed by atoms with E-state index in [1.165, 1.54) is 18.4 Å². The van der Waals surface area contributed by atoms with E-state index in [2.05, 4.69) is 27.7 Å². The lowest BCUT2D eigenvalue weighted by atomic mass is 9.98. The van der Waals surface area contributed by atoms with Crippen LogP contribution in [0.25, 0.3) is 0 Å². The van der Waals surface area contributed by atoms with Crippen LogP contribution in [0, 0.1) is 5.92 Å². The molecule has 6 nitrogen and oxygen atoms in total. The van der Waals surface area contributed by atoms with Crippen molar-refractivity contribution in [2.24, 2.45) is 5.92 Å². The van der Waals surface area contributed by atoms with Crippen LogP contribution in [0.3, 0.4) is 0 Å². The number of alkyl carbamates (subject to hydrolysis) is 1. The molecule has 0 saturated carbocycles. The molecule has 32 heavy (non-hydrogen) atoms. The van der Waals surface area contributed by atoms with E-state index in [9.17, 15) is 9.59 Å². The summed E-state index contributed by atoms with van der Waals surface area (Å²) >= 11 is 0. The molecule has 1 aliphatic heterocycles. The maximum absolute atomic E-state index is 13.0. The molecule has 0 radical (unpaired) electrons. The van der Waals surface area contributed by atoms with Gasteiger partial charge in [-0.2, -0.15) is 0 Å². The number of nitrogens with one attached hydrogen (secondary N) is 2. The Kier molecular flexibility index (Phi) is 9.11. The second-order valence-electron chi connectivity index (χ2n) is 8.54. The first-order valence-electron chi connectivity index (χ1n) is 11.6. The van der Waals surface area contributed by atoms with Gasteiger partial charge in [0.25, 0.3) is 0 Å². The Morgan fingerprint density at radius 2 is 1.66 bits per heavy atom. The summed E-state index contributed by atoms with van der Waals surface area (Å²) in [6, 6.07) is 17.1. The lowest BCUT2D eigenvalue weighted by Gasteiger charge is -2.24. The molecule has 2 atom stereocenters. The van der Waals surface area contributed by atoms with Gasteiger partial charge in [0.05, 0.1) is 0 Å². The van der Waals surface area contributed by atoms with E-state index in [-0.39, 0.29) is 18.4 Å². The standard InChI is InChI=1S/C26H35N3O3/c1-3-20(2)24(28-26(31)32-19-21-11-5-4-6-12-21)25(30)27-17-22-13-7-8-14-23(22)18-29-15-9-10-16-29/h4-8,11-14,20,24H,3,9-10,15-19H2,1-2H3,(H,27,30)(H,28,31)/t20-,24-/m0/s1.